The molecule has 0 aliphatic carbocycles. The lowest BCUT2D eigenvalue weighted by Gasteiger charge is -2.15. The van der Waals surface area contributed by atoms with Crippen molar-refractivity contribution in [1.82, 2.24) is 9.71 Å². The molecule has 2 N–H and O–H groups in total. The average molecular weight is 470 g/mol. The number of sulfonamides is 1. The molecular formula is C20H21Cl2N3O4S. The van der Waals surface area contributed by atoms with Crippen molar-refractivity contribution in [3.8, 4) is 0 Å². The molecule has 10 heteroatoms. The Morgan fingerprint density at radius 3 is 2.63 bits per heavy atom. The highest BCUT2D eigenvalue weighted by atomic mass is 35.5. The highest BCUT2D eigenvalue weighted by molar-refractivity contribution is 7.89. The van der Waals surface area contributed by atoms with E-state index >= 15 is 0 Å². The van der Waals surface area contributed by atoms with Gasteiger partial charge in [0.1, 0.15) is 10.4 Å². The van der Waals surface area contributed by atoms with Gasteiger partial charge in [-0.3, -0.25) is 4.79 Å². The Bertz CT molecular complexity index is 1210. The van der Waals surface area contributed by atoms with Crippen LogP contribution in [0.15, 0.2) is 39.6 Å². The Kier molecular flexibility index (Phi) is 6.71. The fourth-order valence-electron chi connectivity index (χ4n) is 3.05. The van der Waals surface area contributed by atoms with Gasteiger partial charge in [-0.15, -0.1) is 0 Å². The zero-order chi connectivity index (χ0) is 22.1. The molecule has 0 radical (unpaired) electrons. The summed E-state index contributed by atoms with van der Waals surface area (Å²) in [5.41, 5.74) is 1.63. The molecule has 0 bridgehead atoms. The lowest BCUT2D eigenvalue weighted by Crippen LogP contribution is -2.32. The summed E-state index contributed by atoms with van der Waals surface area (Å²) in [5, 5.41) is 2.67. The van der Waals surface area contributed by atoms with Gasteiger partial charge in [-0.2, -0.15) is 0 Å². The molecule has 0 saturated carbocycles. The van der Waals surface area contributed by atoms with Crippen molar-refractivity contribution in [3.63, 3.8) is 0 Å². The van der Waals surface area contributed by atoms with Crippen LogP contribution in [-0.2, 0) is 10.0 Å². The number of aryl methyl sites for hydroxylation is 1. The molecule has 3 rings (SSSR count). The predicted molar refractivity (Wildman–Crippen MR) is 118 cm³/mol. The molecule has 0 aliphatic rings. The molecule has 1 aromatic heterocycles. The van der Waals surface area contributed by atoms with E-state index in [4.69, 9.17) is 27.6 Å². The Labute approximate surface area is 184 Å². The monoisotopic (exact) mass is 469 g/mol. The van der Waals surface area contributed by atoms with Crippen molar-refractivity contribution in [2.45, 2.75) is 44.6 Å². The normalized spacial score (nSPS) is 12.8. The van der Waals surface area contributed by atoms with Crippen LogP contribution < -0.4 is 10.0 Å². The first kappa shape index (κ1) is 22.6. The molecule has 2 aromatic carbocycles. The number of benzene rings is 2. The van der Waals surface area contributed by atoms with Gasteiger partial charge in [-0.05, 0) is 43.7 Å². The number of rotatable bonds is 7. The third-order valence-corrected chi connectivity index (χ3v) is 6.75. The van der Waals surface area contributed by atoms with Crippen molar-refractivity contribution in [2.24, 2.45) is 0 Å². The van der Waals surface area contributed by atoms with E-state index in [0.717, 1.165) is 6.42 Å². The van der Waals surface area contributed by atoms with E-state index in [1.165, 1.54) is 12.1 Å². The van der Waals surface area contributed by atoms with E-state index in [2.05, 4.69) is 15.0 Å². The SMILES string of the molecule is CCCC(C)NS(=O)(=O)c1cc(C(=O)Nc2ccc3oc(C)nc3c2)c(Cl)cc1Cl. The Balaban J connectivity index is 1.90. The molecule has 1 atom stereocenters. The zero-order valence-electron chi connectivity index (χ0n) is 16.6. The van der Waals surface area contributed by atoms with Gasteiger partial charge in [-0.1, -0.05) is 36.5 Å². The fraction of sp³-hybridized carbons (Fsp3) is 0.300. The number of aromatic nitrogens is 1. The van der Waals surface area contributed by atoms with Gasteiger partial charge >= 0.3 is 0 Å². The number of amides is 1. The largest absolute Gasteiger partial charge is 0.441 e. The number of carbonyl (C=O) groups excluding carboxylic acids is 1. The van der Waals surface area contributed by atoms with E-state index in [9.17, 15) is 13.2 Å². The van der Waals surface area contributed by atoms with Gasteiger partial charge in [0.05, 0.1) is 15.6 Å². The molecule has 3 aromatic rings. The summed E-state index contributed by atoms with van der Waals surface area (Å²) < 4.78 is 33.5. The molecule has 0 spiro atoms. The molecule has 7 nitrogen and oxygen atoms in total. The molecule has 1 amide bonds. The number of hydrogen-bond donors (Lipinski definition) is 2. The molecule has 0 saturated heterocycles. The molecular weight excluding hydrogens is 449 g/mol. The summed E-state index contributed by atoms with van der Waals surface area (Å²) in [5.74, 6) is -0.0665. The number of nitrogens with zero attached hydrogens (tertiary/aromatic N) is 1. The van der Waals surface area contributed by atoms with Crippen LogP contribution in [0.25, 0.3) is 11.1 Å². The third kappa shape index (κ3) is 4.95. The number of nitrogens with one attached hydrogen (secondary N) is 2. The number of hydrogen-bond acceptors (Lipinski definition) is 5. The molecule has 1 unspecified atom stereocenters. The second-order valence-electron chi connectivity index (χ2n) is 6.94. The van der Waals surface area contributed by atoms with Gasteiger partial charge in [0.15, 0.2) is 11.5 Å². The third-order valence-electron chi connectivity index (χ3n) is 4.39. The van der Waals surface area contributed by atoms with Crippen LogP contribution in [0.4, 0.5) is 5.69 Å². The summed E-state index contributed by atoms with van der Waals surface area (Å²) in [6.07, 6.45) is 1.49. The second-order valence-corrected chi connectivity index (χ2v) is 9.44. The summed E-state index contributed by atoms with van der Waals surface area (Å²) >= 11 is 12.3. The summed E-state index contributed by atoms with van der Waals surface area (Å²) in [6.45, 7) is 5.45. The van der Waals surface area contributed by atoms with E-state index in [1.54, 1.807) is 32.0 Å². The minimum absolute atomic E-state index is 0.0129. The lowest BCUT2D eigenvalue weighted by molar-refractivity contribution is 0.102. The second kappa shape index (κ2) is 8.93. The van der Waals surface area contributed by atoms with Crippen LogP contribution in [0.1, 0.15) is 42.9 Å². The zero-order valence-corrected chi connectivity index (χ0v) is 19.0. The van der Waals surface area contributed by atoms with Crippen LogP contribution in [0, 0.1) is 6.92 Å². The summed E-state index contributed by atoms with van der Waals surface area (Å²) in [6, 6.07) is 7.14. The number of halogens is 2. The Hall–Kier alpha value is -2.13. The van der Waals surface area contributed by atoms with E-state index in [0.29, 0.717) is 29.1 Å². The highest BCUT2D eigenvalue weighted by Crippen LogP contribution is 2.30. The molecule has 0 aliphatic heterocycles. The van der Waals surface area contributed by atoms with Crippen LogP contribution >= 0.6 is 23.2 Å². The van der Waals surface area contributed by atoms with Crippen molar-refractivity contribution < 1.29 is 17.6 Å². The number of fused-ring (bicyclic) bond motifs is 1. The van der Waals surface area contributed by atoms with Crippen molar-refractivity contribution in [2.75, 3.05) is 5.32 Å². The first-order valence-electron chi connectivity index (χ1n) is 9.30. The first-order chi connectivity index (χ1) is 14.1. The molecule has 0 fully saturated rings. The molecule has 30 heavy (non-hydrogen) atoms. The maximum atomic E-state index is 12.8. The van der Waals surface area contributed by atoms with E-state index in [-0.39, 0.29) is 26.5 Å². The van der Waals surface area contributed by atoms with Gasteiger partial charge in [-0.25, -0.2) is 18.1 Å². The predicted octanol–water partition coefficient (Wildman–Crippen LogP) is 5.16. The van der Waals surface area contributed by atoms with Crippen molar-refractivity contribution >= 4 is 55.9 Å². The summed E-state index contributed by atoms with van der Waals surface area (Å²) in [4.78, 5) is 16.8. The van der Waals surface area contributed by atoms with Gasteiger partial charge in [0, 0.05) is 18.7 Å². The maximum absolute atomic E-state index is 12.8. The summed E-state index contributed by atoms with van der Waals surface area (Å²) in [7, 11) is -3.93. The van der Waals surface area contributed by atoms with Crippen LogP contribution in [-0.4, -0.2) is 25.4 Å². The lowest BCUT2D eigenvalue weighted by atomic mass is 10.2. The van der Waals surface area contributed by atoms with E-state index in [1.807, 2.05) is 6.92 Å². The minimum Gasteiger partial charge on any atom is -0.441 e. The van der Waals surface area contributed by atoms with Crippen LogP contribution in [0.2, 0.25) is 10.0 Å². The fourth-order valence-corrected chi connectivity index (χ4v) is 5.19. The van der Waals surface area contributed by atoms with Gasteiger partial charge in [0.25, 0.3) is 5.91 Å². The topological polar surface area (TPSA) is 101 Å². The Morgan fingerprint density at radius 1 is 1.20 bits per heavy atom. The smallest absolute Gasteiger partial charge is 0.257 e. The number of carbonyl (C=O) groups is 1. The van der Waals surface area contributed by atoms with Crippen molar-refractivity contribution in [1.29, 1.82) is 0 Å². The quantitative estimate of drug-likeness (QED) is 0.497. The van der Waals surface area contributed by atoms with Crippen LogP contribution in [0.3, 0.4) is 0 Å². The maximum Gasteiger partial charge on any atom is 0.257 e. The van der Waals surface area contributed by atoms with Gasteiger partial charge in [0.2, 0.25) is 10.0 Å². The van der Waals surface area contributed by atoms with Gasteiger partial charge < -0.3 is 9.73 Å². The highest BCUT2D eigenvalue weighted by Gasteiger charge is 2.24. The van der Waals surface area contributed by atoms with Crippen LogP contribution in [0.5, 0.6) is 0 Å². The first-order valence-corrected chi connectivity index (χ1v) is 11.5. The Morgan fingerprint density at radius 2 is 1.93 bits per heavy atom. The van der Waals surface area contributed by atoms with E-state index < -0.39 is 15.9 Å². The standard InChI is InChI=1S/C20H21Cl2N3O4S/c1-4-5-11(2)25-30(27,28)19-9-14(15(21)10-16(19)22)20(26)24-13-6-7-18-17(8-13)23-12(3)29-18/h6-11,25H,4-5H2,1-3H3,(H,24,26). The number of anilines is 1. The molecule has 160 valence electrons. The average Bonchev–Trinajstić information content (AvgIpc) is 3.00. The number of oxazole rings is 1. The minimum atomic E-state index is -3.93. The van der Waals surface area contributed by atoms with Crippen molar-refractivity contribution in [3.05, 3.63) is 51.8 Å². The molecule has 1 heterocycles.